The molecular formula is C12H8ClN5O2S. The number of carbonyl (C=O) groups is 1. The van der Waals surface area contributed by atoms with Crippen molar-refractivity contribution < 1.29 is 4.79 Å². The minimum Gasteiger partial charge on any atom is -0.320 e. The Bertz CT molecular complexity index is 836. The van der Waals surface area contributed by atoms with Crippen molar-refractivity contribution >= 4 is 34.5 Å². The molecule has 0 fully saturated rings. The highest BCUT2D eigenvalue weighted by molar-refractivity contribution is 7.17. The van der Waals surface area contributed by atoms with Crippen LogP contribution in [0.5, 0.6) is 0 Å². The van der Waals surface area contributed by atoms with Crippen molar-refractivity contribution in [1.82, 2.24) is 19.7 Å². The van der Waals surface area contributed by atoms with Crippen LogP contribution in [0, 0.1) is 0 Å². The zero-order valence-corrected chi connectivity index (χ0v) is 12.0. The van der Waals surface area contributed by atoms with E-state index < -0.39 is 0 Å². The molecular weight excluding hydrogens is 314 g/mol. The average Bonchev–Trinajstić information content (AvgIpc) is 3.08. The summed E-state index contributed by atoms with van der Waals surface area (Å²) < 4.78 is 1.66. The van der Waals surface area contributed by atoms with E-state index in [-0.39, 0.29) is 21.1 Å². The maximum absolute atomic E-state index is 11.9. The van der Waals surface area contributed by atoms with Crippen LogP contribution in [-0.4, -0.2) is 25.7 Å². The van der Waals surface area contributed by atoms with E-state index in [0.717, 1.165) is 11.3 Å². The first kappa shape index (κ1) is 13.5. The van der Waals surface area contributed by atoms with Gasteiger partial charge in [-0.2, -0.15) is 0 Å². The quantitative estimate of drug-likeness (QED) is 0.770. The third-order valence-corrected chi connectivity index (χ3v) is 3.66. The summed E-state index contributed by atoms with van der Waals surface area (Å²) in [6.07, 6.45) is 3.18. The Labute approximate surface area is 127 Å². The number of amides is 1. The van der Waals surface area contributed by atoms with E-state index in [1.807, 2.05) is 0 Å². The Hall–Kier alpha value is -2.45. The van der Waals surface area contributed by atoms with Gasteiger partial charge in [-0.25, -0.2) is 4.79 Å². The van der Waals surface area contributed by atoms with Crippen LogP contribution in [0.2, 0.25) is 4.47 Å². The minimum absolute atomic E-state index is 0.186. The molecule has 0 atom stereocenters. The molecule has 106 valence electrons. The Morgan fingerprint density at radius 3 is 2.62 bits per heavy atom. The first-order valence-electron chi connectivity index (χ1n) is 5.80. The summed E-state index contributed by atoms with van der Waals surface area (Å²) in [5, 5.41) is 10.1. The fourth-order valence-electron chi connectivity index (χ4n) is 1.71. The third-order valence-electron chi connectivity index (χ3n) is 2.65. The molecule has 0 aliphatic heterocycles. The highest BCUT2D eigenvalue weighted by Crippen LogP contribution is 2.17. The standard InChI is InChI=1S/C12H8ClN5O2S/c13-11-17-16-10(21-11)9(19)15-7-1-3-8(4-2-7)18-6-5-14-12(18)20/h1-6H,(H,14,20)(H,15,19). The van der Waals surface area contributed by atoms with Crippen LogP contribution in [-0.2, 0) is 0 Å². The molecule has 2 heterocycles. The zero-order chi connectivity index (χ0) is 14.8. The number of carbonyl (C=O) groups excluding carboxylic acids is 1. The normalized spacial score (nSPS) is 10.5. The molecule has 0 spiro atoms. The topological polar surface area (TPSA) is 92.7 Å². The number of aromatic amines is 1. The smallest absolute Gasteiger partial charge is 0.320 e. The van der Waals surface area contributed by atoms with Gasteiger partial charge in [0.15, 0.2) is 0 Å². The Morgan fingerprint density at radius 2 is 2.05 bits per heavy atom. The van der Waals surface area contributed by atoms with Gasteiger partial charge in [-0.15, -0.1) is 10.2 Å². The number of hydrogen-bond acceptors (Lipinski definition) is 5. The van der Waals surface area contributed by atoms with Gasteiger partial charge in [-0.05, 0) is 35.9 Å². The maximum Gasteiger partial charge on any atom is 0.330 e. The Morgan fingerprint density at radius 1 is 1.29 bits per heavy atom. The van der Waals surface area contributed by atoms with Crippen molar-refractivity contribution in [3.8, 4) is 5.69 Å². The summed E-state index contributed by atoms with van der Waals surface area (Å²) in [5.41, 5.74) is 1.05. The first-order chi connectivity index (χ1) is 10.1. The lowest BCUT2D eigenvalue weighted by molar-refractivity contribution is 0.102. The number of halogens is 1. The number of nitrogens with zero attached hydrogens (tertiary/aromatic N) is 3. The van der Waals surface area contributed by atoms with Gasteiger partial charge in [0.05, 0.1) is 5.69 Å². The van der Waals surface area contributed by atoms with Gasteiger partial charge in [0, 0.05) is 18.1 Å². The van der Waals surface area contributed by atoms with Crippen LogP contribution in [0.1, 0.15) is 9.80 Å². The van der Waals surface area contributed by atoms with Gasteiger partial charge in [0.1, 0.15) is 0 Å². The molecule has 9 heteroatoms. The highest BCUT2D eigenvalue weighted by Gasteiger charge is 2.12. The summed E-state index contributed by atoms with van der Waals surface area (Å²) in [4.78, 5) is 25.9. The van der Waals surface area contributed by atoms with Crippen LogP contribution in [0.3, 0.4) is 0 Å². The lowest BCUT2D eigenvalue weighted by Crippen LogP contribution is -2.14. The predicted molar refractivity (Wildman–Crippen MR) is 79.3 cm³/mol. The molecule has 0 saturated heterocycles. The van der Waals surface area contributed by atoms with Crippen molar-refractivity contribution in [2.75, 3.05) is 5.32 Å². The third kappa shape index (κ3) is 2.86. The predicted octanol–water partition coefficient (Wildman–Crippen LogP) is 1.92. The van der Waals surface area contributed by atoms with E-state index >= 15 is 0 Å². The van der Waals surface area contributed by atoms with Crippen LogP contribution >= 0.6 is 22.9 Å². The largest absolute Gasteiger partial charge is 0.330 e. The second kappa shape index (κ2) is 5.51. The molecule has 2 aromatic heterocycles. The molecule has 0 radical (unpaired) electrons. The second-order valence-corrected chi connectivity index (χ2v) is 5.56. The minimum atomic E-state index is -0.383. The van der Waals surface area contributed by atoms with E-state index in [1.165, 1.54) is 4.57 Å². The fraction of sp³-hybridized carbons (Fsp3) is 0. The number of hydrogen-bond donors (Lipinski definition) is 2. The van der Waals surface area contributed by atoms with E-state index in [1.54, 1.807) is 36.7 Å². The molecule has 7 nitrogen and oxygen atoms in total. The van der Waals surface area contributed by atoms with Crippen LogP contribution < -0.4 is 11.0 Å². The molecule has 3 rings (SSSR count). The molecule has 0 aliphatic rings. The van der Waals surface area contributed by atoms with Gasteiger partial charge in [-0.1, -0.05) is 11.3 Å². The van der Waals surface area contributed by atoms with Gasteiger partial charge in [0.2, 0.25) is 9.47 Å². The van der Waals surface area contributed by atoms with Crippen molar-refractivity contribution in [3.63, 3.8) is 0 Å². The number of aromatic nitrogens is 4. The summed E-state index contributed by atoms with van der Waals surface area (Å²) in [6.45, 7) is 0. The molecule has 1 amide bonds. The van der Waals surface area contributed by atoms with Gasteiger partial charge in [0.25, 0.3) is 5.91 Å². The van der Waals surface area contributed by atoms with Gasteiger partial charge >= 0.3 is 5.69 Å². The number of anilines is 1. The number of nitrogens with one attached hydrogen (secondary N) is 2. The Kier molecular flexibility index (Phi) is 3.55. The van der Waals surface area contributed by atoms with E-state index in [9.17, 15) is 9.59 Å². The van der Waals surface area contributed by atoms with E-state index in [4.69, 9.17) is 11.6 Å². The lowest BCUT2D eigenvalue weighted by Gasteiger charge is -2.05. The highest BCUT2D eigenvalue weighted by atomic mass is 35.5. The Balaban J connectivity index is 1.77. The fourth-order valence-corrected chi connectivity index (χ4v) is 2.43. The molecule has 0 unspecified atom stereocenters. The van der Waals surface area contributed by atoms with Crippen molar-refractivity contribution in [2.45, 2.75) is 0 Å². The number of H-pyrrole nitrogens is 1. The summed E-state index contributed by atoms with van der Waals surface area (Å²) in [6, 6.07) is 6.82. The van der Waals surface area contributed by atoms with Gasteiger partial charge < -0.3 is 10.3 Å². The molecule has 0 bridgehead atoms. The zero-order valence-electron chi connectivity index (χ0n) is 10.4. The first-order valence-corrected chi connectivity index (χ1v) is 7.00. The van der Waals surface area contributed by atoms with Crippen molar-refractivity contribution in [3.05, 3.63) is 56.6 Å². The molecule has 1 aromatic carbocycles. The second-order valence-electron chi connectivity index (χ2n) is 4.00. The maximum atomic E-state index is 11.9. The molecule has 0 saturated carbocycles. The van der Waals surface area contributed by atoms with Crippen LogP contribution in [0.15, 0.2) is 41.5 Å². The molecule has 0 aliphatic carbocycles. The van der Waals surface area contributed by atoms with Crippen LogP contribution in [0.25, 0.3) is 5.69 Å². The van der Waals surface area contributed by atoms with Gasteiger partial charge in [-0.3, -0.25) is 9.36 Å². The SMILES string of the molecule is O=C(Nc1ccc(-n2cc[nH]c2=O)cc1)c1nnc(Cl)s1. The lowest BCUT2D eigenvalue weighted by atomic mass is 10.2. The number of benzene rings is 1. The van der Waals surface area contributed by atoms with Crippen molar-refractivity contribution in [1.29, 1.82) is 0 Å². The monoisotopic (exact) mass is 321 g/mol. The molecule has 3 aromatic rings. The van der Waals surface area contributed by atoms with Crippen molar-refractivity contribution in [2.24, 2.45) is 0 Å². The molecule has 2 N–H and O–H groups in total. The molecule has 21 heavy (non-hydrogen) atoms. The summed E-state index contributed by atoms with van der Waals surface area (Å²) >= 11 is 6.63. The number of rotatable bonds is 3. The van der Waals surface area contributed by atoms with Crippen LogP contribution in [0.4, 0.5) is 5.69 Å². The summed E-state index contributed by atoms with van der Waals surface area (Å²) in [7, 11) is 0. The van der Waals surface area contributed by atoms with E-state index in [2.05, 4.69) is 20.5 Å². The summed E-state index contributed by atoms with van der Waals surface area (Å²) in [5.74, 6) is -0.383. The number of imidazole rings is 1. The average molecular weight is 322 g/mol. The van der Waals surface area contributed by atoms with E-state index in [0.29, 0.717) is 11.4 Å².